The normalized spacial score (nSPS) is 16.5. The van der Waals surface area contributed by atoms with Gasteiger partial charge < -0.3 is 10.3 Å². The van der Waals surface area contributed by atoms with E-state index in [1.165, 1.54) is 0 Å². The van der Waals surface area contributed by atoms with E-state index in [-0.39, 0.29) is 12.4 Å². The van der Waals surface area contributed by atoms with E-state index < -0.39 is 5.54 Å². The van der Waals surface area contributed by atoms with Crippen LogP contribution in [0.2, 0.25) is 10.0 Å². The Bertz CT molecular complexity index is 645. The van der Waals surface area contributed by atoms with Gasteiger partial charge in [-0.2, -0.15) is 4.98 Å². The predicted molar refractivity (Wildman–Crippen MR) is 86.7 cm³/mol. The number of halogens is 3. The Morgan fingerprint density at radius 3 is 2.43 bits per heavy atom. The molecular weight excluding hydrogens is 333 g/mol. The zero-order valence-electron chi connectivity index (χ0n) is 11.1. The van der Waals surface area contributed by atoms with Crippen LogP contribution in [-0.4, -0.2) is 10.1 Å². The zero-order valence-corrected chi connectivity index (χ0v) is 13.4. The molecule has 0 atom stereocenters. The summed E-state index contributed by atoms with van der Waals surface area (Å²) in [6.45, 7) is 0. The quantitative estimate of drug-likeness (QED) is 0.899. The standard InChI is InChI=1S/C14H13Cl2N3O.ClH/c15-10-3-1-4-11(16)9(10)5-6-12-18-13(19-20-12)14(17)7-2-8-14;/h1,3-6H,2,7-8,17H2;1H/b6-5+;. The third-order valence-electron chi connectivity index (χ3n) is 3.53. The molecule has 4 nitrogen and oxygen atoms in total. The lowest BCUT2D eigenvalue weighted by Gasteiger charge is -2.34. The number of aromatic nitrogens is 2. The molecule has 0 unspecified atom stereocenters. The Labute approximate surface area is 138 Å². The van der Waals surface area contributed by atoms with Gasteiger partial charge in [0, 0.05) is 21.7 Å². The second-order valence-corrected chi connectivity index (χ2v) is 5.75. The van der Waals surface area contributed by atoms with Gasteiger partial charge in [0.15, 0.2) is 5.82 Å². The Balaban J connectivity index is 0.00000161. The van der Waals surface area contributed by atoms with Gasteiger partial charge in [0.05, 0.1) is 5.54 Å². The molecule has 0 saturated heterocycles. The molecule has 0 aliphatic heterocycles. The van der Waals surface area contributed by atoms with Gasteiger partial charge in [-0.25, -0.2) is 0 Å². The third kappa shape index (κ3) is 3.24. The summed E-state index contributed by atoms with van der Waals surface area (Å²) in [6.07, 6.45) is 6.33. The third-order valence-corrected chi connectivity index (χ3v) is 4.18. The van der Waals surface area contributed by atoms with Gasteiger partial charge in [0.25, 0.3) is 5.89 Å². The maximum absolute atomic E-state index is 6.14. The molecular formula is C14H14Cl3N3O. The van der Waals surface area contributed by atoms with Crippen molar-refractivity contribution in [1.29, 1.82) is 0 Å². The van der Waals surface area contributed by atoms with Crippen molar-refractivity contribution in [1.82, 2.24) is 10.1 Å². The molecule has 1 aliphatic carbocycles. The monoisotopic (exact) mass is 345 g/mol. The Morgan fingerprint density at radius 1 is 1.19 bits per heavy atom. The zero-order chi connectivity index (χ0) is 14.2. The first-order chi connectivity index (χ1) is 9.58. The summed E-state index contributed by atoms with van der Waals surface area (Å²) in [7, 11) is 0. The number of nitrogens with zero attached hydrogens (tertiary/aromatic N) is 2. The van der Waals surface area contributed by atoms with E-state index in [1.807, 2.05) is 0 Å². The summed E-state index contributed by atoms with van der Waals surface area (Å²) in [6, 6.07) is 5.34. The Hall–Kier alpha value is -1.07. The van der Waals surface area contributed by atoms with Gasteiger partial charge in [-0.15, -0.1) is 12.4 Å². The number of benzene rings is 1. The van der Waals surface area contributed by atoms with Crippen molar-refractivity contribution in [3.05, 3.63) is 45.5 Å². The van der Waals surface area contributed by atoms with Crippen LogP contribution in [0.5, 0.6) is 0 Å². The van der Waals surface area contributed by atoms with Gasteiger partial charge >= 0.3 is 0 Å². The van der Waals surface area contributed by atoms with Crippen LogP contribution in [0.3, 0.4) is 0 Å². The molecule has 0 spiro atoms. The van der Waals surface area contributed by atoms with Gasteiger partial charge in [0.1, 0.15) is 0 Å². The maximum Gasteiger partial charge on any atom is 0.250 e. The molecule has 2 N–H and O–H groups in total. The fourth-order valence-corrected chi connectivity index (χ4v) is 2.63. The van der Waals surface area contributed by atoms with Crippen LogP contribution in [-0.2, 0) is 5.54 Å². The highest BCUT2D eigenvalue weighted by Gasteiger charge is 2.38. The molecule has 7 heteroatoms. The summed E-state index contributed by atoms with van der Waals surface area (Å²) in [5.74, 6) is 0.960. The highest BCUT2D eigenvalue weighted by Crippen LogP contribution is 2.37. The SMILES string of the molecule is Cl.NC1(c2noc(/C=C/c3c(Cl)cccc3Cl)n2)CCC1. The fraction of sp³-hybridized carbons (Fsp3) is 0.286. The molecule has 1 fully saturated rings. The molecule has 0 radical (unpaired) electrons. The lowest BCUT2D eigenvalue weighted by Crippen LogP contribution is -2.44. The Morgan fingerprint density at radius 2 is 1.86 bits per heavy atom. The minimum Gasteiger partial charge on any atom is -0.335 e. The molecule has 21 heavy (non-hydrogen) atoms. The topological polar surface area (TPSA) is 64.9 Å². The second-order valence-electron chi connectivity index (χ2n) is 4.93. The van der Waals surface area contributed by atoms with Crippen molar-refractivity contribution in [2.45, 2.75) is 24.8 Å². The molecule has 1 heterocycles. The van der Waals surface area contributed by atoms with Gasteiger partial charge in [-0.05, 0) is 37.5 Å². The number of hydrogen-bond acceptors (Lipinski definition) is 4. The summed E-state index contributed by atoms with van der Waals surface area (Å²) >= 11 is 12.2. The number of rotatable bonds is 3. The van der Waals surface area contributed by atoms with Crippen LogP contribution in [0, 0.1) is 0 Å². The van der Waals surface area contributed by atoms with Gasteiger partial charge in [-0.1, -0.05) is 34.4 Å². The van der Waals surface area contributed by atoms with Crippen LogP contribution in [0.25, 0.3) is 12.2 Å². The average Bonchev–Trinajstić information content (AvgIpc) is 2.84. The Kier molecular flexibility index (Phi) is 4.94. The summed E-state index contributed by atoms with van der Waals surface area (Å²) < 4.78 is 5.17. The molecule has 0 amide bonds. The molecule has 1 saturated carbocycles. The van der Waals surface area contributed by atoms with Crippen LogP contribution in [0.15, 0.2) is 22.7 Å². The number of hydrogen-bond donors (Lipinski definition) is 1. The smallest absolute Gasteiger partial charge is 0.250 e. The van der Waals surface area contributed by atoms with E-state index in [1.54, 1.807) is 30.4 Å². The first kappa shape index (κ1) is 16.3. The lowest BCUT2D eigenvalue weighted by atomic mass is 9.77. The highest BCUT2D eigenvalue weighted by atomic mass is 35.5. The van der Waals surface area contributed by atoms with E-state index in [9.17, 15) is 0 Å². The minimum atomic E-state index is -0.419. The van der Waals surface area contributed by atoms with Crippen LogP contribution >= 0.6 is 35.6 Å². The molecule has 112 valence electrons. The van der Waals surface area contributed by atoms with Crippen LogP contribution in [0.4, 0.5) is 0 Å². The van der Waals surface area contributed by atoms with E-state index in [4.69, 9.17) is 33.5 Å². The molecule has 0 bridgehead atoms. The summed E-state index contributed by atoms with van der Waals surface area (Å²) in [4.78, 5) is 4.30. The van der Waals surface area contributed by atoms with E-state index >= 15 is 0 Å². The van der Waals surface area contributed by atoms with E-state index in [0.717, 1.165) is 24.8 Å². The average molecular weight is 347 g/mol. The first-order valence-electron chi connectivity index (χ1n) is 6.34. The number of nitrogens with two attached hydrogens (primary N) is 1. The van der Waals surface area contributed by atoms with Crippen molar-refractivity contribution in [2.24, 2.45) is 5.73 Å². The maximum atomic E-state index is 6.14. The predicted octanol–water partition coefficient (Wildman–Crippen LogP) is 4.31. The first-order valence-corrected chi connectivity index (χ1v) is 7.09. The summed E-state index contributed by atoms with van der Waals surface area (Å²) in [5.41, 5.74) is 6.45. The van der Waals surface area contributed by atoms with Crippen molar-refractivity contribution >= 4 is 47.8 Å². The highest BCUT2D eigenvalue weighted by molar-refractivity contribution is 6.37. The minimum absolute atomic E-state index is 0. The van der Waals surface area contributed by atoms with E-state index in [2.05, 4.69) is 10.1 Å². The lowest BCUT2D eigenvalue weighted by molar-refractivity contribution is 0.229. The van der Waals surface area contributed by atoms with Gasteiger partial charge in [-0.3, -0.25) is 0 Å². The van der Waals surface area contributed by atoms with Crippen molar-refractivity contribution in [3.8, 4) is 0 Å². The fourth-order valence-electron chi connectivity index (χ4n) is 2.11. The molecule has 2 aromatic rings. The van der Waals surface area contributed by atoms with Gasteiger partial charge in [0.2, 0.25) is 0 Å². The molecule has 3 rings (SSSR count). The second kappa shape index (κ2) is 6.36. The molecule has 1 aromatic heterocycles. The van der Waals surface area contributed by atoms with Crippen molar-refractivity contribution in [2.75, 3.05) is 0 Å². The van der Waals surface area contributed by atoms with E-state index in [0.29, 0.717) is 21.8 Å². The van der Waals surface area contributed by atoms with Crippen LogP contribution < -0.4 is 5.73 Å². The van der Waals surface area contributed by atoms with Crippen LogP contribution in [0.1, 0.15) is 36.5 Å². The van der Waals surface area contributed by atoms with Crippen molar-refractivity contribution < 1.29 is 4.52 Å². The largest absolute Gasteiger partial charge is 0.335 e. The molecule has 1 aromatic carbocycles. The molecule has 1 aliphatic rings. The van der Waals surface area contributed by atoms with Crippen molar-refractivity contribution in [3.63, 3.8) is 0 Å². The summed E-state index contributed by atoms with van der Waals surface area (Å²) in [5, 5.41) is 5.08.